The number of rotatable bonds is 2. The van der Waals surface area contributed by atoms with E-state index >= 15 is 0 Å². The lowest BCUT2D eigenvalue weighted by Gasteiger charge is -2.23. The molecule has 0 heterocycles. The van der Waals surface area contributed by atoms with Crippen LogP contribution in [0.4, 0.5) is 13.2 Å². The Morgan fingerprint density at radius 3 is 2.42 bits per heavy atom. The summed E-state index contributed by atoms with van der Waals surface area (Å²) in [4.78, 5) is 10.5. The molecule has 0 spiro atoms. The van der Waals surface area contributed by atoms with Crippen LogP contribution in [-0.4, -0.2) is 17.7 Å². The lowest BCUT2D eigenvalue weighted by Crippen LogP contribution is -2.35. The number of carbonyl (C=O) groups is 1. The standard InChI is InChI=1S/C7H11F3O2/c1-4-6(2,3)12-5(11)7(8,9)10/h4H2,1-3H3/i1D3,4D. The summed E-state index contributed by atoms with van der Waals surface area (Å²) < 4.78 is 67.4. The summed E-state index contributed by atoms with van der Waals surface area (Å²) in [6.07, 6.45) is -7.16. The first-order chi connectivity index (χ1) is 6.78. The van der Waals surface area contributed by atoms with Crippen molar-refractivity contribution in [2.45, 2.75) is 38.9 Å². The average Bonchev–Trinajstić information content (AvgIpc) is 1.98. The predicted octanol–water partition coefficient (Wildman–Crippen LogP) is 2.28. The maximum absolute atomic E-state index is 11.9. The maximum atomic E-state index is 11.9. The molecule has 0 N–H and O–H groups in total. The van der Waals surface area contributed by atoms with Gasteiger partial charge in [-0.2, -0.15) is 13.2 Å². The van der Waals surface area contributed by atoms with E-state index in [0.29, 0.717) is 0 Å². The molecule has 1 unspecified atom stereocenters. The molecule has 0 aliphatic rings. The molecule has 0 rings (SSSR count). The van der Waals surface area contributed by atoms with E-state index in [2.05, 4.69) is 4.74 Å². The number of halogens is 3. The quantitative estimate of drug-likeness (QED) is 0.621. The highest BCUT2D eigenvalue weighted by Gasteiger charge is 2.43. The molecule has 0 aromatic rings. The van der Waals surface area contributed by atoms with Gasteiger partial charge in [0.05, 0.1) is 0 Å². The summed E-state index contributed by atoms with van der Waals surface area (Å²) in [5.41, 5.74) is -2.04. The van der Waals surface area contributed by atoms with Crippen LogP contribution in [0.3, 0.4) is 0 Å². The normalized spacial score (nSPS) is 21.4. The summed E-state index contributed by atoms with van der Waals surface area (Å²) in [5, 5.41) is 0. The van der Waals surface area contributed by atoms with Gasteiger partial charge in [0, 0.05) is 5.48 Å². The lowest BCUT2D eigenvalue weighted by atomic mass is 10.1. The zero-order valence-electron chi connectivity index (χ0n) is 10.5. The Balaban J connectivity index is 4.77. The van der Waals surface area contributed by atoms with Gasteiger partial charge in [-0.1, -0.05) is 6.85 Å². The van der Waals surface area contributed by atoms with Crippen LogP contribution in [0.2, 0.25) is 0 Å². The minimum Gasteiger partial charge on any atom is -0.453 e. The van der Waals surface area contributed by atoms with Crippen LogP contribution in [0, 0.1) is 0 Å². The zero-order valence-corrected chi connectivity index (χ0v) is 6.53. The molecule has 0 fully saturated rings. The van der Waals surface area contributed by atoms with Crippen molar-refractivity contribution in [3.63, 3.8) is 0 Å². The zero-order chi connectivity index (χ0) is 13.4. The first-order valence-corrected chi connectivity index (χ1v) is 3.01. The van der Waals surface area contributed by atoms with Gasteiger partial charge in [0.2, 0.25) is 0 Å². The lowest BCUT2D eigenvalue weighted by molar-refractivity contribution is -0.211. The molecule has 0 aliphatic carbocycles. The second-order valence-electron chi connectivity index (χ2n) is 2.64. The fraction of sp³-hybridized carbons (Fsp3) is 0.857. The fourth-order valence-corrected chi connectivity index (χ4v) is 0.326. The fourth-order valence-electron chi connectivity index (χ4n) is 0.326. The van der Waals surface area contributed by atoms with Crippen LogP contribution in [0.1, 0.15) is 32.6 Å². The smallest absolute Gasteiger partial charge is 0.453 e. The van der Waals surface area contributed by atoms with Crippen LogP contribution in [0.5, 0.6) is 0 Å². The molecule has 5 heteroatoms. The van der Waals surface area contributed by atoms with E-state index in [1.807, 2.05) is 0 Å². The van der Waals surface area contributed by atoms with Crippen LogP contribution >= 0.6 is 0 Å². The van der Waals surface area contributed by atoms with E-state index < -0.39 is 31.0 Å². The predicted molar refractivity (Wildman–Crippen MR) is 36.5 cm³/mol. The van der Waals surface area contributed by atoms with Gasteiger partial charge in [0.15, 0.2) is 0 Å². The van der Waals surface area contributed by atoms with Gasteiger partial charge in [-0.15, -0.1) is 0 Å². The summed E-state index contributed by atoms with van der Waals surface area (Å²) in [6.45, 7) is -0.934. The van der Waals surface area contributed by atoms with Crippen LogP contribution < -0.4 is 0 Å². The summed E-state index contributed by atoms with van der Waals surface area (Å²) in [6, 6.07) is 0. The van der Waals surface area contributed by atoms with Crippen molar-refractivity contribution in [2.75, 3.05) is 0 Å². The van der Waals surface area contributed by atoms with Crippen molar-refractivity contribution >= 4 is 5.97 Å². The third-order valence-corrected chi connectivity index (χ3v) is 0.935. The second-order valence-corrected chi connectivity index (χ2v) is 2.64. The molecule has 0 amide bonds. The third-order valence-electron chi connectivity index (χ3n) is 0.935. The van der Waals surface area contributed by atoms with E-state index in [1.165, 1.54) is 0 Å². The molecule has 0 radical (unpaired) electrons. The van der Waals surface area contributed by atoms with Gasteiger partial charge >= 0.3 is 12.1 Å². The van der Waals surface area contributed by atoms with Crippen molar-refractivity contribution in [3.05, 3.63) is 0 Å². The highest BCUT2D eigenvalue weighted by Crippen LogP contribution is 2.22. The molecule has 2 nitrogen and oxygen atoms in total. The van der Waals surface area contributed by atoms with Gasteiger partial charge in [-0.05, 0) is 20.2 Å². The van der Waals surface area contributed by atoms with Crippen LogP contribution in [0.15, 0.2) is 0 Å². The van der Waals surface area contributed by atoms with E-state index in [0.717, 1.165) is 13.8 Å². The van der Waals surface area contributed by atoms with Gasteiger partial charge in [0.25, 0.3) is 0 Å². The van der Waals surface area contributed by atoms with Gasteiger partial charge < -0.3 is 4.74 Å². The third kappa shape index (κ3) is 3.59. The minimum absolute atomic E-state index is 0.945. The van der Waals surface area contributed by atoms with Gasteiger partial charge in [-0.25, -0.2) is 4.79 Å². The summed E-state index contributed by atoms with van der Waals surface area (Å²) in [7, 11) is 0. The largest absolute Gasteiger partial charge is 0.490 e. The molecule has 72 valence electrons. The van der Waals surface area contributed by atoms with Gasteiger partial charge in [-0.3, -0.25) is 0 Å². The summed E-state index contributed by atoms with van der Waals surface area (Å²) in [5.74, 6) is -2.50. The van der Waals surface area contributed by atoms with E-state index in [1.54, 1.807) is 0 Å². The highest BCUT2D eigenvalue weighted by molar-refractivity contribution is 5.76. The first-order valence-electron chi connectivity index (χ1n) is 5.08. The van der Waals surface area contributed by atoms with Crippen LogP contribution in [-0.2, 0) is 9.53 Å². The van der Waals surface area contributed by atoms with Crippen LogP contribution in [0.25, 0.3) is 0 Å². The molecule has 1 atom stereocenters. The molecule has 0 aliphatic heterocycles. The average molecular weight is 188 g/mol. The number of hydrogen-bond donors (Lipinski definition) is 0. The van der Waals surface area contributed by atoms with E-state index in [4.69, 9.17) is 5.48 Å². The molecule has 0 saturated carbocycles. The molecule has 12 heavy (non-hydrogen) atoms. The first kappa shape index (κ1) is 5.83. The Morgan fingerprint density at radius 2 is 2.08 bits per heavy atom. The van der Waals surface area contributed by atoms with Crippen molar-refractivity contribution in [1.82, 2.24) is 0 Å². The van der Waals surface area contributed by atoms with Crippen molar-refractivity contribution in [1.29, 1.82) is 0 Å². The topological polar surface area (TPSA) is 26.3 Å². The Labute approximate surface area is 74.3 Å². The SMILES string of the molecule is [2H]C(C([2H])([2H])[2H])C(C)(C)OC(=O)C(F)(F)F. The van der Waals surface area contributed by atoms with Gasteiger partial charge in [0.1, 0.15) is 5.60 Å². The molecular weight excluding hydrogens is 173 g/mol. The maximum Gasteiger partial charge on any atom is 0.490 e. The van der Waals surface area contributed by atoms with Crippen molar-refractivity contribution < 1.29 is 28.2 Å². The molecule has 0 aromatic carbocycles. The molecular formula is C7H11F3O2. The number of esters is 1. The molecule has 0 bridgehead atoms. The number of hydrogen-bond acceptors (Lipinski definition) is 2. The van der Waals surface area contributed by atoms with E-state index in [9.17, 15) is 18.0 Å². The Bertz CT molecular complexity index is 272. The Kier molecular flexibility index (Phi) is 1.62. The summed E-state index contributed by atoms with van der Waals surface area (Å²) >= 11 is 0. The minimum atomic E-state index is -5.20. The number of alkyl halides is 3. The Hall–Kier alpha value is -0.740. The second kappa shape index (κ2) is 3.33. The number of carbonyl (C=O) groups excluding carboxylic acids is 1. The molecule has 0 aromatic heterocycles. The number of ether oxygens (including phenoxy) is 1. The molecule has 0 saturated heterocycles. The van der Waals surface area contributed by atoms with Crippen molar-refractivity contribution in [3.8, 4) is 0 Å². The highest BCUT2D eigenvalue weighted by atomic mass is 19.4. The monoisotopic (exact) mass is 188 g/mol. The van der Waals surface area contributed by atoms with E-state index in [-0.39, 0.29) is 0 Å². The Morgan fingerprint density at radius 1 is 1.58 bits per heavy atom. The van der Waals surface area contributed by atoms with Crippen molar-refractivity contribution in [2.24, 2.45) is 0 Å².